The van der Waals surface area contributed by atoms with Crippen molar-refractivity contribution in [3.8, 4) is 5.75 Å². The van der Waals surface area contributed by atoms with Crippen molar-refractivity contribution in [1.82, 2.24) is 14.9 Å². The summed E-state index contributed by atoms with van der Waals surface area (Å²) in [5.41, 5.74) is 1.21. The highest BCUT2D eigenvalue weighted by atomic mass is 79.9. The Morgan fingerprint density at radius 1 is 1.47 bits per heavy atom. The van der Waals surface area contributed by atoms with E-state index in [1.54, 1.807) is 7.11 Å². The van der Waals surface area contributed by atoms with Gasteiger partial charge >= 0.3 is 0 Å². The minimum Gasteiger partial charge on any atom is -0.496 e. The Bertz CT molecular complexity index is 553. The highest BCUT2D eigenvalue weighted by Crippen LogP contribution is 2.27. The molecule has 1 aromatic carbocycles. The summed E-state index contributed by atoms with van der Waals surface area (Å²) in [7, 11) is 3.67. The molecule has 0 radical (unpaired) electrons. The van der Waals surface area contributed by atoms with Crippen LogP contribution in [0.1, 0.15) is 24.4 Å². The highest BCUT2D eigenvalue weighted by molar-refractivity contribution is 9.10. The van der Waals surface area contributed by atoms with E-state index < -0.39 is 0 Å². The minimum atomic E-state index is 0.249. The summed E-state index contributed by atoms with van der Waals surface area (Å²) >= 11 is 3.51. The van der Waals surface area contributed by atoms with Crippen molar-refractivity contribution in [1.29, 1.82) is 0 Å². The summed E-state index contributed by atoms with van der Waals surface area (Å²) in [6.07, 6.45) is 3.76. The van der Waals surface area contributed by atoms with Crippen LogP contribution in [0.25, 0.3) is 0 Å². The number of aromatic nitrogens is 2. The molecule has 0 amide bonds. The van der Waals surface area contributed by atoms with Crippen LogP contribution >= 0.6 is 15.9 Å². The van der Waals surface area contributed by atoms with Gasteiger partial charge in [-0.15, -0.1) is 0 Å². The van der Waals surface area contributed by atoms with Crippen LogP contribution in [-0.4, -0.2) is 16.7 Å². The Balaban J connectivity index is 2.02. The molecule has 0 saturated carbocycles. The number of methoxy groups -OCH3 is 1. The van der Waals surface area contributed by atoms with Crippen LogP contribution in [0, 0.1) is 0 Å². The van der Waals surface area contributed by atoms with Crippen LogP contribution in [-0.2, 0) is 13.6 Å². The van der Waals surface area contributed by atoms with Crippen molar-refractivity contribution >= 4 is 15.9 Å². The molecule has 19 heavy (non-hydrogen) atoms. The molecular formula is C14H18BrN3O. The number of ether oxygens (including phenoxy) is 1. The number of halogens is 1. The van der Waals surface area contributed by atoms with Crippen molar-refractivity contribution in [2.75, 3.05) is 7.11 Å². The Hall–Kier alpha value is -1.33. The van der Waals surface area contributed by atoms with E-state index in [0.29, 0.717) is 0 Å². The van der Waals surface area contributed by atoms with Gasteiger partial charge < -0.3 is 14.6 Å². The minimum absolute atomic E-state index is 0.249. The van der Waals surface area contributed by atoms with Gasteiger partial charge in [0, 0.05) is 25.5 Å². The molecule has 2 rings (SSSR count). The first kappa shape index (κ1) is 14.1. The second-order valence-electron chi connectivity index (χ2n) is 4.45. The van der Waals surface area contributed by atoms with E-state index in [2.05, 4.69) is 45.3 Å². The van der Waals surface area contributed by atoms with Gasteiger partial charge in [-0.25, -0.2) is 4.98 Å². The summed E-state index contributed by atoms with van der Waals surface area (Å²) in [5.74, 6) is 1.87. The summed E-state index contributed by atoms with van der Waals surface area (Å²) in [6, 6.07) is 6.37. The van der Waals surface area contributed by atoms with E-state index in [4.69, 9.17) is 4.74 Å². The van der Waals surface area contributed by atoms with Crippen LogP contribution in [0.5, 0.6) is 5.75 Å². The smallest absolute Gasteiger partial charge is 0.133 e. The number of hydrogen-bond donors (Lipinski definition) is 1. The number of nitrogens with zero attached hydrogens (tertiary/aromatic N) is 2. The monoisotopic (exact) mass is 323 g/mol. The second-order valence-corrected chi connectivity index (χ2v) is 5.31. The summed E-state index contributed by atoms with van der Waals surface area (Å²) in [5, 5.41) is 3.46. The molecule has 0 saturated heterocycles. The average molecular weight is 324 g/mol. The van der Waals surface area contributed by atoms with Crippen molar-refractivity contribution < 1.29 is 4.74 Å². The Kier molecular flexibility index (Phi) is 4.61. The molecule has 0 bridgehead atoms. The van der Waals surface area contributed by atoms with E-state index in [1.807, 2.05) is 30.1 Å². The molecule has 1 atom stereocenters. The lowest BCUT2D eigenvalue weighted by atomic mass is 10.1. The second kappa shape index (κ2) is 6.21. The third-order valence-electron chi connectivity index (χ3n) is 3.16. The first-order valence-electron chi connectivity index (χ1n) is 6.15. The van der Waals surface area contributed by atoms with Crippen LogP contribution in [0.4, 0.5) is 0 Å². The molecular weight excluding hydrogens is 306 g/mol. The molecule has 0 spiro atoms. The number of hydrogen-bond acceptors (Lipinski definition) is 3. The predicted octanol–water partition coefficient (Wildman–Crippen LogP) is 3.04. The van der Waals surface area contributed by atoms with Gasteiger partial charge in [-0.2, -0.15) is 0 Å². The third kappa shape index (κ3) is 3.36. The number of imidazole rings is 1. The molecule has 4 nitrogen and oxygen atoms in total. The normalized spacial score (nSPS) is 12.4. The topological polar surface area (TPSA) is 39.1 Å². The standard InChI is InChI=1S/C14H18BrN3O/c1-10(17-9-14-16-6-7-18(14)2)11-4-5-13(19-3)12(15)8-11/h4-8,10,17H,9H2,1-3H3. The molecule has 1 aromatic heterocycles. The SMILES string of the molecule is COc1ccc(C(C)NCc2nccn2C)cc1Br. The lowest BCUT2D eigenvalue weighted by Gasteiger charge is -2.15. The van der Waals surface area contributed by atoms with Gasteiger partial charge in [0.05, 0.1) is 18.1 Å². The molecule has 102 valence electrons. The van der Waals surface area contributed by atoms with Gasteiger partial charge in [-0.1, -0.05) is 6.07 Å². The molecule has 0 fully saturated rings. The molecule has 2 aromatic rings. The molecule has 1 unspecified atom stereocenters. The van der Waals surface area contributed by atoms with E-state index >= 15 is 0 Å². The first-order valence-corrected chi connectivity index (χ1v) is 6.94. The zero-order chi connectivity index (χ0) is 13.8. The van der Waals surface area contributed by atoms with Crippen molar-refractivity contribution in [2.45, 2.75) is 19.5 Å². The third-order valence-corrected chi connectivity index (χ3v) is 3.78. The van der Waals surface area contributed by atoms with Gasteiger partial charge in [0.25, 0.3) is 0 Å². The number of rotatable bonds is 5. The van der Waals surface area contributed by atoms with Crippen molar-refractivity contribution in [2.24, 2.45) is 7.05 Å². The Morgan fingerprint density at radius 3 is 2.84 bits per heavy atom. The predicted molar refractivity (Wildman–Crippen MR) is 79.2 cm³/mol. The molecule has 1 N–H and O–H groups in total. The van der Waals surface area contributed by atoms with Crippen LogP contribution in [0.2, 0.25) is 0 Å². The van der Waals surface area contributed by atoms with Gasteiger partial charge in [-0.05, 0) is 40.5 Å². The maximum Gasteiger partial charge on any atom is 0.133 e. The fraction of sp³-hybridized carbons (Fsp3) is 0.357. The summed E-state index contributed by atoms with van der Waals surface area (Å²) < 4.78 is 8.22. The summed E-state index contributed by atoms with van der Waals surface area (Å²) in [6.45, 7) is 2.88. The van der Waals surface area contributed by atoms with E-state index in [9.17, 15) is 0 Å². The van der Waals surface area contributed by atoms with Gasteiger partial charge in [0.15, 0.2) is 0 Å². The van der Waals surface area contributed by atoms with Crippen LogP contribution in [0.3, 0.4) is 0 Å². The average Bonchev–Trinajstić information content (AvgIpc) is 2.81. The van der Waals surface area contributed by atoms with Gasteiger partial charge in [0.1, 0.15) is 11.6 Å². The first-order chi connectivity index (χ1) is 9.11. The maximum absolute atomic E-state index is 5.23. The maximum atomic E-state index is 5.23. The molecule has 0 aliphatic heterocycles. The zero-order valence-corrected chi connectivity index (χ0v) is 12.9. The van der Waals surface area contributed by atoms with Crippen molar-refractivity contribution in [3.05, 3.63) is 46.5 Å². The van der Waals surface area contributed by atoms with Crippen LogP contribution in [0.15, 0.2) is 35.1 Å². The zero-order valence-electron chi connectivity index (χ0n) is 11.4. The number of benzene rings is 1. The van der Waals surface area contributed by atoms with Crippen LogP contribution < -0.4 is 10.1 Å². The van der Waals surface area contributed by atoms with Crippen molar-refractivity contribution in [3.63, 3.8) is 0 Å². The van der Waals surface area contributed by atoms with E-state index in [0.717, 1.165) is 22.6 Å². The largest absolute Gasteiger partial charge is 0.496 e. The number of aryl methyl sites for hydroxylation is 1. The molecule has 5 heteroatoms. The Morgan fingerprint density at radius 2 is 2.26 bits per heavy atom. The number of nitrogens with one attached hydrogen (secondary N) is 1. The Labute approximate surface area is 121 Å². The lowest BCUT2D eigenvalue weighted by Crippen LogP contribution is -2.20. The van der Waals surface area contributed by atoms with Gasteiger partial charge in [-0.3, -0.25) is 0 Å². The fourth-order valence-corrected chi connectivity index (χ4v) is 2.44. The lowest BCUT2D eigenvalue weighted by molar-refractivity contribution is 0.411. The van der Waals surface area contributed by atoms with E-state index in [-0.39, 0.29) is 6.04 Å². The van der Waals surface area contributed by atoms with E-state index in [1.165, 1.54) is 5.56 Å². The highest BCUT2D eigenvalue weighted by Gasteiger charge is 2.09. The quantitative estimate of drug-likeness (QED) is 0.919. The summed E-state index contributed by atoms with van der Waals surface area (Å²) in [4.78, 5) is 4.30. The fourth-order valence-electron chi connectivity index (χ4n) is 1.88. The van der Waals surface area contributed by atoms with Gasteiger partial charge in [0.2, 0.25) is 0 Å². The molecule has 1 heterocycles. The molecule has 0 aliphatic carbocycles. The molecule has 0 aliphatic rings.